The minimum atomic E-state index is -0.671. The number of hydrogen-bond acceptors (Lipinski definition) is 3. The number of fused-ring (bicyclic) bond motifs is 1. The van der Waals surface area contributed by atoms with Crippen molar-refractivity contribution in [3.63, 3.8) is 0 Å². The number of aromatic nitrogens is 2. The van der Waals surface area contributed by atoms with E-state index < -0.39 is 17.5 Å². The highest BCUT2D eigenvalue weighted by Gasteiger charge is 2.21. The average molecular weight is 367 g/mol. The number of rotatable bonds is 2. The van der Waals surface area contributed by atoms with Gasteiger partial charge in [0.15, 0.2) is 0 Å². The van der Waals surface area contributed by atoms with Crippen molar-refractivity contribution in [3.8, 4) is 11.3 Å². The molecule has 0 N–H and O–H groups in total. The molecule has 1 aliphatic rings. The van der Waals surface area contributed by atoms with Gasteiger partial charge in [-0.05, 0) is 60.1 Å². The maximum Gasteiger partial charge on any atom is 0.133 e. The lowest BCUT2D eigenvalue weighted by molar-refractivity contribution is 0.365. The summed E-state index contributed by atoms with van der Waals surface area (Å²) in [5.41, 5.74) is 3.01. The number of benzene rings is 2. The van der Waals surface area contributed by atoms with Crippen LogP contribution in [-0.2, 0) is 6.54 Å². The zero-order valence-electron chi connectivity index (χ0n) is 14.6. The van der Waals surface area contributed by atoms with E-state index in [1.807, 2.05) is 18.0 Å². The smallest absolute Gasteiger partial charge is 0.133 e. The van der Waals surface area contributed by atoms with E-state index in [1.54, 1.807) is 18.2 Å². The van der Waals surface area contributed by atoms with Gasteiger partial charge in [-0.1, -0.05) is 6.08 Å². The van der Waals surface area contributed by atoms with E-state index in [1.165, 1.54) is 24.4 Å². The van der Waals surface area contributed by atoms with Crippen molar-refractivity contribution in [2.24, 2.45) is 0 Å². The van der Waals surface area contributed by atoms with Crippen LogP contribution in [0, 0.1) is 17.5 Å². The van der Waals surface area contributed by atoms with Crippen LogP contribution in [0.25, 0.3) is 16.8 Å². The van der Waals surface area contributed by atoms with Crippen LogP contribution < -0.4 is 0 Å². The standard InChI is InChI=1S/C21H16F3N3/c1-27-8-6-15(16-5-4-14(22)10-19(16)23)17-11-20(24)18(9-13(17)12-27)21-3-2-7-25-26-21/h2-7,9-11H,8,12H2,1H3. The van der Waals surface area contributed by atoms with Gasteiger partial charge < -0.3 is 0 Å². The molecular formula is C21H16F3N3. The lowest BCUT2D eigenvalue weighted by atomic mass is 9.91. The Morgan fingerprint density at radius 1 is 0.926 bits per heavy atom. The van der Waals surface area contributed by atoms with Gasteiger partial charge in [-0.3, -0.25) is 4.90 Å². The summed E-state index contributed by atoms with van der Waals surface area (Å²) in [6, 6.07) is 9.94. The quantitative estimate of drug-likeness (QED) is 0.671. The molecule has 0 radical (unpaired) electrons. The molecule has 0 saturated heterocycles. The molecule has 0 atom stereocenters. The molecule has 0 aliphatic carbocycles. The van der Waals surface area contributed by atoms with Gasteiger partial charge in [0.05, 0.1) is 5.69 Å². The molecule has 136 valence electrons. The van der Waals surface area contributed by atoms with Gasteiger partial charge in [-0.2, -0.15) is 10.2 Å². The molecule has 0 amide bonds. The lowest BCUT2D eigenvalue weighted by Crippen LogP contribution is -2.16. The zero-order chi connectivity index (χ0) is 19.0. The second-order valence-electron chi connectivity index (χ2n) is 6.54. The molecule has 1 aromatic heterocycles. The predicted octanol–water partition coefficient (Wildman–Crippen LogP) is 4.44. The molecule has 0 fully saturated rings. The average Bonchev–Trinajstić information content (AvgIpc) is 2.80. The highest BCUT2D eigenvalue weighted by atomic mass is 19.1. The molecular weight excluding hydrogens is 351 g/mol. The van der Waals surface area contributed by atoms with Crippen molar-refractivity contribution in [1.82, 2.24) is 15.1 Å². The molecule has 1 aliphatic heterocycles. The summed E-state index contributed by atoms with van der Waals surface area (Å²) >= 11 is 0. The SMILES string of the molecule is CN1CC=C(c2ccc(F)cc2F)c2cc(F)c(-c3cccnn3)cc2C1. The largest absolute Gasteiger partial charge is 0.298 e. The van der Waals surface area contributed by atoms with E-state index in [-0.39, 0.29) is 5.56 Å². The van der Waals surface area contributed by atoms with Crippen LogP contribution in [0.2, 0.25) is 0 Å². The summed E-state index contributed by atoms with van der Waals surface area (Å²) < 4.78 is 42.6. The monoisotopic (exact) mass is 367 g/mol. The molecule has 2 heterocycles. The van der Waals surface area contributed by atoms with E-state index in [0.717, 1.165) is 11.6 Å². The van der Waals surface area contributed by atoms with E-state index in [0.29, 0.717) is 35.5 Å². The van der Waals surface area contributed by atoms with Crippen molar-refractivity contribution >= 4 is 5.57 Å². The molecule has 3 nitrogen and oxygen atoms in total. The Morgan fingerprint density at radius 2 is 1.74 bits per heavy atom. The zero-order valence-corrected chi connectivity index (χ0v) is 14.6. The fourth-order valence-electron chi connectivity index (χ4n) is 3.32. The maximum atomic E-state index is 14.9. The molecule has 0 bridgehead atoms. The third-order valence-corrected chi connectivity index (χ3v) is 4.60. The van der Waals surface area contributed by atoms with E-state index in [4.69, 9.17) is 0 Å². The van der Waals surface area contributed by atoms with Crippen molar-refractivity contribution < 1.29 is 13.2 Å². The molecule has 3 aromatic rings. The molecule has 4 rings (SSSR count). The van der Waals surface area contributed by atoms with Crippen molar-refractivity contribution in [2.45, 2.75) is 6.54 Å². The molecule has 0 spiro atoms. The molecule has 6 heteroatoms. The minimum Gasteiger partial charge on any atom is -0.298 e. The van der Waals surface area contributed by atoms with E-state index in [2.05, 4.69) is 10.2 Å². The van der Waals surface area contributed by atoms with Crippen LogP contribution in [0.4, 0.5) is 13.2 Å². The Labute approximate surface area is 154 Å². The third-order valence-electron chi connectivity index (χ3n) is 4.60. The number of halogens is 3. The molecule has 2 aromatic carbocycles. The van der Waals surface area contributed by atoms with E-state index in [9.17, 15) is 13.2 Å². The van der Waals surface area contributed by atoms with Gasteiger partial charge in [-0.15, -0.1) is 0 Å². The van der Waals surface area contributed by atoms with E-state index >= 15 is 0 Å². The van der Waals surface area contributed by atoms with Crippen molar-refractivity contribution in [3.05, 3.63) is 88.9 Å². The normalized spacial score (nSPS) is 14.4. The highest BCUT2D eigenvalue weighted by Crippen LogP contribution is 2.34. The first kappa shape index (κ1) is 17.4. The predicted molar refractivity (Wildman–Crippen MR) is 97.2 cm³/mol. The van der Waals surface area contributed by atoms with Gasteiger partial charge in [0.2, 0.25) is 0 Å². The Hall–Kier alpha value is -2.99. The summed E-state index contributed by atoms with van der Waals surface area (Å²) in [7, 11) is 1.93. The summed E-state index contributed by atoms with van der Waals surface area (Å²) in [5.74, 6) is -1.78. The van der Waals surface area contributed by atoms with Crippen LogP contribution in [-0.4, -0.2) is 28.7 Å². The Bertz CT molecular complexity index is 1030. The van der Waals surface area contributed by atoms with Gasteiger partial charge in [0.25, 0.3) is 0 Å². The van der Waals surface area contributed by atoms with Gasteiger partial charge >= 0.3 is 0 Å². The van der Waals surface area contributed by atoms with Crippen molar-refractivity contribution in [2.75, 3.05) is 13.6 Å². The Balaban J connectivity index is 1.90. The van der Waals surface area contributed by atoms with Crippen LogP contribution in [0.15, 0.2) is 54.7 Å². The summed E-state index contributed by atoms with van der Waals surface area (Å²) in [6.45, 7) is 1.12. The molecule has 0 unspecified atom stereocenters. The lowest BCUT2D eigenvalue weighted by Gasteiger charge is -2.16. The number of hydrogen-bond donors (Lipinski definition) is 0. The summed E-state index contributed by atoms with van der Waals surface area (Å²) in [4.78, 5) is 2.03. The first-order valence-corrected chi connectivity index (χ1v) is 8.48. The first-order valence-electron chi connectivity index (χ1n) is 8.48. The second-order valence-corrected chi connectivity index (χ2v) is 6.54. The van der Waals surface area contributed by atoms with Crippen LogP contribution >= 0.6 is 0 Å². The first-order chi connectivity index (χ1) is 13.0. The highest BCUT2D eigenvalue weighted by molar-refractivity contribution is 5.83. The fraction of sp³-hybridized carbons (Fsp3) is 0.143. The molecule has 0 saturated carbocycles. The van der Waals surface area contributed by atoms with Gasteiger partial charge in [-0.25, -0.2) is 13.2 Å². The Kier molecular flexibility index (Phi) is 4.49. The Morgan fingerprint density at radius 3 is 2.48 bits per heavy atom. The van der Waals surface area contributed by atoms with Crippen LogP contribution in [0.5, 0.6) is 0 Å². The van der Waals surface area contributed by atoms with Crippen molar-refractivity contribution in [1.29, 1.82) is 0 Å². The summed E-state index contributed by atoms with van der Waals surface area (Å²) in [6.07, 6.45) is 3.36. The van der Waals surface area contributed by atoms with Crippen LogP contribution in [0.3, 0.4) is 0 Å². The third kappa shape index (κ3) is 3.36. The maximum absolute atomic E-state index is 14.9. The fourth-order valence-corrected chi connectivity index (χ4v) is 3.32. The molecule has 27 heavy (non-hydrogen) atoms. The summed E-state index contributed by atoms with van der Waals surface area (Å²) in [5, 5.41) is 7.79. The van der Waals surface area contributed by atoms with Crippen LogP contribution in [0.1, 0.15) is 16.7 Å². The second kappa shape index (κ2) is 6.96. The number of likely N-dealkylation sites (N-methyl/N-ethyl adjacent to an activating group) is 1. The number of nitrogens with zero attached hydrogens (tertiary/aromatic N) is 3. The topological polar surface area (TPSA) is 29.0 Å². The van der Waals surface area contributed by atoms with Gasteiger partial charge in [0, 0.05) is 36.5 Å². The minimum absolute atomic E-state index is 0.250. The van der Waals surface area contributed by atoms with Gasteiger partial charge in [0.1, 0.15) is 17.5 Å².